The molecular weight excluding hydrogens is 262 g/mol. The number of rotatable bonds is 5. The van der Waals surface area contributed by atoms with Gasteiger partial charge >= 0.3 is 0 Å². The number of carbonyl (C=O) groups is 1. The lowest BCUT2D eigenvalue weighted by Gasteiger charge is -2.12. The standard InChI is InChI=1S/C18H21NO2/c1-13-8-6-10-17(15(13)3)21-12-11-19-18(20)16-9-5-4-7-14(16)2/h4-10H,11-12H2,1-3H3,(H,19,20). The second kappa shape index (κ2) is 6.93. The molecule has 0 aliphatic carbocycles. The monoisotopic (exact) mass is 283 g/mol. The van der Waals surface area contributed by atoms with Crippen molar-refractivity contribution in [2.24, 2.45) is 0 Å². The highest BCUT2D eigenvalue weighted by Gasteiger charge is 2.07. The zero-order valence-electron chi connectivity index (χ0n) is 12.8. The molecular formula is C18H21NO2. The number of hydrogen-bond donors (Lipinski definition) is 1. The number of nitrogens with one attached hydrogen (secondary N) is 1. The number of aryl methyl sites for hydroxylation is 2. The molecule has 1 N–H and O–H groups in total. The van der Waals surface area contributed by atoms with Gasteiger partial charge in [0.25, 0.3) is 5.91 Å². The molecule has 110 valence electrons. The largest absolute Gasteiger partial charge is 0.491 e. The van der Waals surface area contributed by atoms with E-state index in [1.165, 1.54) is 5.56 Å². The van der Waals surface area contributed by atoms with Gasteiger partial charge in [-0.05, 0) is 49.6 Å². The van der Waals surface area contributed by atoms with E-state index in [1.807, 2.05) is 50.2 Å². The van der Waals surface area contributed by atoms with Crippen LogP contribution in [-0.2, 0) is 0 Å². The van der Waals surface area contributed by atoms with Crippen LogP contribution in [0.4, 0.5) is 0 Å². The molecule has 0 aromatic heterocycles. The van der Waals surface area contributed by atoms with Crippen LogP contribution in [0.2, 0.25) is 0 Å². The Morgan fingerprint density at radius 1 is 1.00 bits per heavy atom. The van der Waals surface area contributed by atoms with Crippen molar-refractivity contribution in [1.82, 2.24) is 5.32 Å². The molecule has 3 heteroatoms. The fraction of sp³-hybridized carbons (Fsp3) is 0.278. The van der Waals surface area contributed by atoms with Crippen LogP contribution in [0.15, 0.2) is 42.5 Å². The maximum absolute atomic E-state index is 12.0. The van der Waals surface area contributed by atoms with Crippen molar-refractivity contribution >= 4 is 5.91 Å². The number of amides is 1. The van der Waals surface area contributed by atoms with Crippen molar-refractivity contribution in [3.05, 3.63) is 64.7 Å². The van der Waals surface area contributed by atoms with E-state index >= 15 is 0 Å². The van der Waals surface area contributed by atoms with Gasteiger partial charge < -0.3 is 10.1 Å². The first-order valence-electron chi connectivity index (χ1n) is 7.12. The first kappa shape index (κ1) is 15.1. The summed E-state index contributed by atoms with van der Waals surface area (Å²) in [6.07, 6.45) is 0. The van der Waals surface area contributed by atoms with Gasteiger partial charge in [0, 0.05) is 5.56 Å². The SMILES string of the molecule is Cc1ccccc1C(=O)NCCOc1cccc(C)c1C. The molecule has 2 aromatic carbocycles. The summed E-state index contributed by atoms with van der Waals surface area (Å²) in [6.45, 7) is 6.97. The second-order valence-corrected chi connectivity index (χ2v) is 5.12. The van der Waals surface area contributed by atoms with Crippen molar-refractivity contribution < 1.29 is 9.53 Å². The first-order chi connectivity index (χ1) is 10.1. The fourth-order valence-electron chi connectivity index (χ4n) is 2.13. The van der Waals surface area contributed by atoms with Crippen LogP contribution in [0, 0.1) is 20.8 Å². The van der Waals surface area contributed by atoms with Gasteiger partial charge in [-0.25, -0.2) is 0 Å². The van der Waals surface area contributed by atoms with Crippen LogP contribution in [0.25, 0.3) is 0 Å². The normalized spacial score (nSPS) is 10.2. The molecule has 0 atom stereocenters. The van der Waals surface area contributed by atoms with Crippen LogP contribution >= 0.6 is 0 Å². The molecule has 1 amide bonds. The molecule has 0 bridgehead atoms. The molecule has 0 radical (unpaired) electrons. The minimum absolute atomic E-state index is 0.0577. The highest BCUT2D eigenvalue weighted by Crippen LogP contribution is 2.20. The molecule has 0 saturated carbocycles. The van der Waals surface area contributed by atoms with Gasteiger partial charge in [-0.3, -0.25) is 4.79 Å². The summed E-state index contributed by atoms with van der Waals surface area (Å²) < 4.78 is 5.72. The molecule has 0 fully saturated rings. The third-order valence-electron chi connectivity index (χ3n) is 3.59. The zero-order chi connectivity index (χ0) is 15.2. The van der Waals surface area contributed by atoms with Gasteiger partial charge in [0.15, 0.2) is 0 Å². The molecule has 0 heterocycles. The molecule has 0 spiro atoms. The van der Waals surface area contributed by atoms with E-state index in [9.17, 15) is 4.79 Å². The fourth-order valence-corrected chi connectivity index (χ4v) is 2.13. The molecule has 0 aliphatic rings. The maximum Gasteiger partial charge on any atom is 0.251 e. The Bertz CT molecular complexity index is 635. The lowest BCUT2D eigenvalue weighted by molar-refractivity contribution is 0.0946. The molecule has 2 rings (SSSR count). The lowest BCUT2D eigenvalue weighted by atomic mass is 10.1. The molecule has 2 aromatic rings. The molecule has 21 heavy (non-hydrogen) atoms. The summed E-state index contributed by atoms with van der Waals surface area (Å²) in [5.74, 6) is 0.817. The third kappa shape index (κ3) is 3.85. The summed E-state index contributed by atoms with van der Waals surface area (Å²) in [7, 11) is 0. The maximum atomic E-state index is 12.0. The van der Waals surface area contributed by atoms with Gasteiger partial charge in [-0.1, -0.05) is 30.3 Å². The van der Waals surface area contributed by atoms with Gasteiger partial charge in [0.2, 0.25) is 0 Å². The number of benzene rings is 2. The zero-order valence-corrected chi connectivity index (χ0v) is 12.8. The Morgan fingerprint density at radius 2 is 1.71 bits per heavy atom. The topological polar surface area (TPSA) is 38.3 Å². The summed E-state index contributed by atoms with van der Waals surface area (Å²) in [5, 5.41) is 2.88. The summed E-state index contributed by atoms with van der Waals surface area (Å²) in [4.78, 5) is 12.0. The minimum Gasteiger partial charge on any atom is -0.491 e. The van der Waals surface area contributed by atoms with Gasteiger partial charge in [-0.2, -0.15) is 0 Å². The first-order valence-corrected chi connectivity index (χ1v) is 7.12. The van der Waals surface area contributed by atoms with Gasteiger partial charge in [-0.15, -0.1) is 0 Å². The van der Waals surface area contributed by atoms with Crippen LogP contribution in [0.5, 0.6) is 5.75 Å². The molecule has 0 aliphatic heterocycles. The van der Waals surface area contributed by atoms with E-state index in [0.717, 1.165) is 16.9 Å². The van der Waals surface area contributed by atoms with E-state index < -0.39 is 0 Å². The predicted octanol–water partition coefficient (Wildman–Crippen LogP) is 3.42. The van der Waals surface area contributed by atoms with Crippen LogP contribution < -0.4 is 10.1 Å². The van der Waals surface area contributed by atoms with Crippen molar-refractivity contribution in [2.75, 3.05) is 13.2 Å². The molecule has 0 saturated heterocycles. The van der Waals surface area contributed by atoms with E-state index in [2.05, 4.69) is 18.3 Å². The molecule has 0 unspecified atom stereocenters. The van der Waals surface area contributed by atoms with Crippen molar-refractivity contribution in [3.8, 4) is 5.75 Å². The summed E-state index contributed by atoms with van der Waals surface area (Å²) in [5.41, 5.74) is 4.04. The lowest BCUT2D eigenvalue weighted by Crippen LogP contribution is -2.28. The summed E-state index contributed by atoms with van der Waals surface area (Å²) >= 11 is 0. The Hall–Kier alpha value is -2.29. The van der Waals surface area contributed by atoms with Crippen molar-refractivity contribution in [3.63, 3.8) is 0 Å². The average molecular weight is 283 g/mol. The third-order valence-corrected chi connectivity index (χ3v) is 3.59. The Morgan fingerprint density at radius 3 is 2.48 bits per heavy atom. The Balaban J connectivity index is 1.84. The minimum atomic E-state index is -0.0577. The smallest absolute Gasteiger partial charge is 0.251 e. The average Bonchev–Trinajstić information content (AvgIpc) is 2.48. The summed E-state index contributed by atoms with van der Waals surface area (Å²) in [6, 6.07) is 13.5. The number of ether oxygens (including phenoxy) is 1. The van der Waals surface area contributed by atoms with Crippen LogP contribution in [-0.4, -0.2) is 19.1 Å². The van der Waals surface area contributed by atoms with Crippen LogP contribution in [0.3, 0.4) is 0 Å². The predicted molar refractivity (Wildman–Crippen MR) is 84.9 cm³/mol. The van der Waals surface area contributed by atoms with E-state index in [1.54, 1.807) is 0 Å². The highest BCUT2D eigenvalue weighted by molar-refractivity contribution is 5.95. The van der Waals surface area contributed by atoms with E-state index in [4.69, 9.17) is 4.74 Å². The quantitative estimate of drug-likeness (QED) is 0.854. The number of carbonyl (C=O) groups excluding carboxylic acids is 1. The Kier molecular flexibility index (Phi) is 4.99. The Labute approximate surface area is 126 Å². The van der Waals surface area contributed by atoms with E-state index in [-0.39, 0.29) is 5.91 Å². The van der Waals surface area contributed by atoms with E-state index in [0.29, 0.717) is 18.7 Å². The van der Waals surface area contributed by atoms with Gasteiger partial charge in [0.1, 0.15) is 12.4 Å². The number of hydrogen-bond acceptors (Lipinski definition) is 2. The van der Waals surface area contributed by atoms with Crippen molar-refractivity contribution in [2.45, 2.75) is 20.8 Å². The van der Waals surface area contributed by atoms with Crippen LogP contribution in [0.1, 0.15) is 27.0 Å². The van der Waals surface area contributed by atoms with Gasteiger partial charge in [0.05, 0.1) is 6.54 Å². The van der Waals surface area contributed by atoms with Crippen molar-refractivity contribution in [1.29, 1.82) is 0 Å². The molecule has 3 nitrogen and oxygen atoms in total. The highest BCUT2D eigenvalue weighted by atomic mass is 16.5. The second-order valence-electron chi connectivity index (χ2n) is 5.12.